The van der Waals surface area contributed by atoms with Crippen LogP contribution in [0.4, 0.5) is 0 Å². The van der Waals surface area contributed by atoms with Gasteiger partial charge >= 0.3 is 0 Å². The molecule has 2 rings (SSSR count). The third-order valence-corrected chi connectivity index (χ3v) is 4.71. The molecular formula is C15H28N2O. The Balaban J connectivity index is 2.04. The highest BCUT2D eigenvalue weighted by molar-refractivity contribution is 5.80. The van der Waals surface area contributed by atoms with Crippen LogP contribution >= 0.6 is 0 Å². The Morgan fingerprint density at radius 2 is 2.06 bits per heavy atom. The van der Waals surface area contributed by atoms with Gasteiger partial charge in [0.1, 0.15) is 0 Å². The summed E-state index contributed by atoms with van der Waals surface area (Å²) in [6.45, 7) is 6.45. The molecule has 3 unspecified atom stereocenters. The normalized spacial score (nSPS) is 34.1. The quantitative estimate of drug-likeness (QED) is 0.819. The number of nitrogens with zero attached hydrogens (tertiary/aromatic N) is 1. The van der Waals surface area contributed by atoms with Gasteiger partial charge in [0.05, 0.1) is 5.92 Å². The summed E-state index contributed by atoms with van der Waals surface area (Å²) in [7, 11) is 0. The summed E-state index contributed by atoms with van der Waals surface area (Å²) < 4.78 is 0. The fraction of sp³-hybridized carbons (Fsp3) is 0.933. The van der Waals surface area contributed by atoms with E-state index >= 15 is 0 Å². The molecule has 2 aliphatic rings. The van der Waals surface area contributed by atoms with Crippen molar-refractivity contribution in [1.29, 1.82) is 0 Å². The SMILES string of the molecule is CCC1CCCCCN1C(=O)C1CCCNC1C. The first-order chi connectivity index (χ1) is 8.74. The van der Waals surface area contributed by atoms with E-state index in [0.717, 1.165) is 32.4 Å². The van der Waals surface area contributed by atoms with Crippen LogP contribution in [0.5, 0.6) is 0 Å². The van der Waals surface area contributed by atoms with Gasteiger partial charge in [-0.2, -0.15) is 0 Å². The number of carbonyl (C=O) groups excluding carboxylic acids is 1. The van der Waals surface area contributed by atoms with Gasteiger partial charge in [-0.1, -0.05) is 19.8 Å². The fourth-order valence-electron chi connectivity index (χ4n) is 3.49. The molecule has 0 aromatic carbocycles. The lowest BCUT2D eigenvalue weighted by atomic mass is 9.90. The fourth-order valence-corrected chi connectivity index (χ4v) is 3.49. The van der Waals surface area contributed by atoms with Crippen molar-refractivity contribution in [3.63, 3.8) is 0 Å². The van der Waals surface area contributed by atoms with Gasteiger partial charge in [0, 0.05) is 18.6 Å². The first-order valence-corrected chi connectivity index (χ1v) is 7.78. The highest BCUT2D eigenvalue weighted by Crippen LogP contribution is 2.25. The third kappa shape index (κ3) is 3.05. The van der Waals surface area contributed by atoms with Gasteiger partial charge < -0.3 is 10.2 Å². The minimum Gasteiger partial charge on any atom is -0.339 e. The maximum Gasteiger partial charge on any atom is 0.227 e. The van der Waals surface area contributed by atoms with Gasteiger partial charge in [0.25, 0.3) is 0 Å². The second kappa shape index (κ2) is 6.55. The topological polar surface area (TPSA) is 32.3 Å². The molecule has 0 bridgehead atoms. The molecule has 0 radical (unpaired) electrons. The summed E-state index contributed by atoms with van der Waals surface area (Å²) in [6.07, 6.45) is 8.30. The predicted molar refractivity (Wildman–Crippen MR) is 74.4 cm³/mol. The number of hydrogen-bond donors (Lipinski definition) is 1. The number of likely N-dealkylation sites (tertiary alicyclic amines) is 1. The van der Waals surface area contributed by atoms with E-state index in [-0.39, 0.29) is 5.92 Å². The summed E-state index contributed by atoms with van der Waals surface area (Å²) in [6, 6.07) is 0.848. The number of piperidine rings is 1. The van der Waals surface area contributed by atoms with E-state index in [2.05, 4.69) is 24.1 Å². The van der Waals surface area contributed by atoms with Gasteiger partial charge in [-0.15, -0.1) is 0 Å². The van der Waals surface area contributed by atoms with Crippen LogP contribution in [0.3, 0.4) is 0 Å². The molecule has 0 aromatic heterocycles. The molecule has 3 atom stereocenters. The molecule has 104 valence electrons. The van der Waals surface area contributed by atoms with Crippen LogP contribution in [0.2, 0.25) is 0 Å². The van der Waals surface area contributed by atoms with Gasteiger partial charge in [-0.25, -0.2) is 0 Å². The lowest BCUT2D eigenvalue weighted by Crippen LogP contribution is -2.50. The van der Waals surface area contributed by atoms with Gasteiger partial charge in [0.2, 0.25) is 5.91 Å². The number of carbonyl (C=O) groups is 1. The van der Waals surface area contributed by atoms with E-state index in [0.29, 0.717) is 18.0 Å². The largest absolute Gasteiger partial charge is 0.339 e. The van der Waals surface area contributed by atoms with E-state index in [1.165, 1.54) is 25.7 Å². The van der Waals surface area contributed by atoms with Crippen LogP contribution in [0, 0.1) is 5.92 Å². The minimum absolute atomic E-state index is 0.214. The molecule has 1 N–H and O–H groups in total. The molecule has 2 heterocycles. The Labute approximate surface area is 111 Å². The van der Waals surface area contributed by atoms with E-state index in [1.807, 2.05) is 0 Å². The van der Waals surface area contributed by atoms with E-state index in [1.54, 1.807) is 0 Å². The molecule has 3 nitrogen and oxygen atoms in total. The van der Waals surface area contributed by atoms with Gasteiger partial charge in [-0.3, -0.25) is 4.79 Å². The summed E-state index contributed by atoms with van der Waals surface area (Å²) in [5.41, 5.74) is 0. The number of nitrogens with one attached hydrogen (secondary N) is 1. The molecule has 2 fully saturated rings. The number of amides is 1. The molecule has 2 saturated heterocycles. The monoisotopic (exact) mass is 252 g/mol. The average Bonchev–Trinajstić information content (AvgIpc) is 2.63. The van der Waals surface area contributed by atoms with Crippen LogP contribution < -0.4 is 5.32 Å². The molecule has 1 amide bonds. The molecule has 0 aromatic rings. The Bertz CT molecular complexity index is 280. The highest BCUT2D eigenvalue weighted by atomic mass is 16.2. The lowest BCUT2D eigenvalue weighted by molar-refractivity contribution is -0.139. The van der Waals surface area contributed by atoms with Gasteiger partial charge in [0.15, 0.2) is 0 Å². The predicted octanol–water partition coefficient (Wildman–Crippen LogP) is 2.56. The summed E-state index contributed by atoms with van der Waals surface area (Å²) >= 11 is 0. The molecular weight excluding hydrogens is 224 g/mol. The van der Waals surface area contributed by atoms with Crippen molar-refractivity contribution in [2.75, 3.05) is 13.1 Å². The standard InChI is InChI=1S/C15H28N2O/c1-3-13-8-5-4-6-11-17(13)15(18)14-9-7-10-16-12(14)2/h12-14,16H,3-11H2,1-2H3. The van der Waals surface area contributed by atoms with Crippen molar-refractivity contribution in [1.82, 2.24) is 10.2 Å². The number of hydrogen-bond acceptors (Lipinski definition) is 2. The third-order valence-electron chi connectivity index (χ3n) is 4.71. The molecule has 0 aliphatic carbocycles. The summed E-state index contributed by atoms with van der Waals surface area (Å²) in [4.78, 5) is 15.0. The van der Waals surface area contributed by atoms with Crippen LogP contribution in [-0.4, -0.2) is 36.0 Å². The van der Waals surface area contributed by atoms with Crippen LogP contribution in [0.15, 0.2) is 0 Å². The zero-order chi connectivity index (χ0) is 13.0. The first kappa shape index (κ1) is 13.9. The first-order valence-electron chi connectivity index (χ1n) is 7.78. The van der Waals surface area contributed by atoms with E-state index < -0.39 is 0 Å². The van der Waals surface area contributed by atoms with Crippen molar-refractivity contribution >= 4 is 5.91 Å². The average molecular weight is 252 g/mol. The van der Waals surface area contributed by atoms with Crippen molar-refractivity contribution < 1.29 is 4.79 Å². The van der Waals surface area contributed by atoms with Crippen molar-refractivity contribution in [3.05, 3.63) is 0 Å². The van der Waals surface area contributed by atoms with Crippen LogP contribution in [0.1, 0.15) is 58.8 Å². The van der Waals surface area contributed by atoms with E-state index in [4.69, 9.17) is 0 Å². The smallest absolute Gasteiger partial charge is 0.227 e. The highest BCUT2D eigenvalue weighted by Gasteiger charge is 2.33. The van der Waals surface area contributed by atoms with Crippen molar-refractivity contribution in [2.24, 2.45) is 5.92 Å². The molecule has 2 aliphatic heterocycles. The van der Waals surface area contributed by atoms with Gasteiger partial charge in [-0.05, 0) is 45.6 Å². The van der Waals surface area contributed by atoms with Crippen molar-refractivity contribution in [3.8, 4) is 0 Å². The zero-order valence-corrected chi connectivity index (χ0v) is 12.0. The maximum absolute atomic E-state index is 12.8. The number of rotatable bonds is 2. The lowest BCUT2D eigenvalue weighted by Gasteiger charge is -2.37. The molecule has 18 heavy (non-hydrogen) atoms. The maximum atomic E-state index is 12.8. The molecule has 3 heteroatoms. The Morgan fingerprint density at radius 3 is 2.78 bits per heavy atom. The van der Waals surface area contributed by atoms with Crippen molar-refractivity contribution in [2.45, 2.75) is 70.9 Å². The molecule has 0 spiro atoms. The van der Waals surface area contributed by atoms with E-state index in [9.17, 15) is 4.79 Å². The Morgan fingerprint density at radius 1 is 1.22 bits per heavy atom. The van der Waals surface area contributed by atoms with Crippen LogP contribution in [0.25, 0.3) is 0 Å². The Kier molecular flexibility index (Phi) is 5.04. The summed E-state index contributed by atoms with van der Waals surface area (Å²) in [5, 5.41) is 3.45. The zero-order valence-electron chi connectivity index (χ0n) is 12.0. The molecule has 0 saturated carbocycles. The Hall–Kier alpha value is -0.570. The second-order valence-corrected chi connectivity index (χ2v) is 5.93. The summed E-state index contributed by atoms with van der Waals surface area (Å²) in [5.74, 6) is 0.634. The second-order valence-electron chi connectivity index (χ2n) is 5.93. The minimum atomic E-state index is 0.214. The van der Waals surface area contributed by atoms with Crippen LogP contribution in [-0.2, 0) is 4.79 Å².